The molecule has 0 fully saturated rings. The summed E-state index contributed by atoms with van der Waals surface area (Å²) in [5.74, 6) is 0. The summed E-state index contributed by atoms with van der Waals surface area (Å²) in [5.41, 5.74) is 8.43. The highest BCUT2D eigenvalue weighted by molar-refractivity contribution is 7.26. The Labute approximate surface area is 246 Å². The van der Waals surface area contributed by atoms with Crippen LogP contribution in [0.1, 0.15) is 20.3 Å². The molecule has 0 saturated carbocycles. The van der Waals surface area contributed by atoms with E-state index in [0.717, 1.165) is 55.6 Å². The topological polar surface area (TPSA) is 48.5 Å². The smallest absolute Gasteiger partial charge is 0.166 e. The molecule has 42 heavy (non-hydrogen) atoms. The second kappa shape index (κ2) is 9.79. The Morgan fingerprint density at radius 3 is 2.10 bits per heavy atom. The first-order chi connectivity index (χ1) is 20.8. The predicted octanol–water partition coefficient (Wildman–Crippen LogP) is 9.85. The Morgan fingerprint density at radius 1 is 0.571 bits per heavy atom. The third-order valence-corrected chi connectivity index (χ3v) is 8.78. The van der Waals surface area contributed by atoms with E-state index >= 15 is 0 Å². The summed E-state index contributed by atoms with van der Waals surface area (Å²) in [7, 11) is 0. The zero-order valence-electron chi connectivity index (χ0n) is 23.3. The predicted molar refractivity (Wildman–Crippen MR) is 177 cm³/mol. The lowest BCUT2D eigenvalue weighted by Crippen LogP contribution is -1.98. The van der Waals surface area contributed by atoms with E-state index in [0.29, 0.717) is 0 Å². The third kappa shape index (κ3) is 3.58. The fourth-order valence-corrected chi connectivity index (χ4v) is 7.12. The number of hydrogen-bond donors (Lipinski definition) is 0. The molecule has 5 heterocycles. The van der Waals surface area contributed by atoms with Crippen LogP contribution in [-0.2, 0) is 0 Å². The van der Waals surface area contributed by atoms with Crippen LogP contribution in [0.15, 0.2) is 115 Å². The van der Waals surface area contributed by atoms with Crippen LogP contribution < -0.4 is 0 Å². The number of fused-ring (bicyclic) bond motifs is 9. The average Bonchev–Trinajstić information content (AvgIpc) is 3.68. The molecular weight excluding hydrogens is 534 g/mol. The van der Waals surface area contributed by atoms with Crippen LogP contribution >= 0.6 is 11.3 Å². The molecule has 0 amide bonds. The van der Waals surface area contributed by atoms with Gasteiger partial charge in [0.25, 0.3) is 0 Å². The zero-order valence-corrected chi connectivity index (χ0v) is 24.1. The molecule has 0 radical (unpaired) electrons. The Bertz CT molecular complexity index is 2410. The lowest BCUT2D eigenvalue weighted by molar-refractivity contribution is 1.09. The van der Waals surface area contributed by atoms with Crippen LogP contribution in [0.4, 0.5) is 0 Å². The normalized spacial score (nSPS) is 11.7. The summed E-state index contributed by atoms with van der Waals surface area (Å²) < 4.78 is 6.96. The van der Waals surface area contributed by atoms with Crippen molar-refractivity contribution in [3.05, 3.63) is 115 Å². The van der Waals surface area contributed by atoms with Crippen molar-refractivity contribution in [2.24, 2.45) is 0 Å². The van der Waals surface area contributed by atoms with E-state index in [1.54, 1.807) is 0 Å². The Morgan fingerprint density at radius 2 is 1.24 bits per heavy atom. The molecule has 0 atom stereocenters. The Hall–Kier alpha value is -5.07. The van der Waals surface area contributed by atoms with Crippen molar-refractivity contribution in [1.29, 1.82) is 0 Å². The summed E-state index contributed by atoms with van der Waals surface area (Å²) in [6, 6.07) is 38.0. The molecule has 0 unspecified atom stereocenters. The van der Waals surface area contributed by atoms with Crippen LogP contribution in [-0.4, -0.2) is 24.1 Å². The van der Waals surface area contributed by atoms with Crippen LogP contribution in [0.2, 0.25) is 0 Å². The maximum atomic E-state index is 5.37. The first-order valence-electron chi connectivity index (χ1n) is 14.3. The number of rotatable bonds is 2. The summed E-state index contributed by atoms with van der Waals surface area (Å²) in [6.07, 6.45) is 3.09. The highest BCUT2D eigenvalue weighted by Gasteiger charge is 2.22. The molecule has 0 aliphatic rings. The van der Waals surface area contributed by atoms with Crippen molar-refractivity contribution in [1.82, 2.24) is 24.1 Å². The Kier molecular flexibility index (Phi) is 5.76. The van der Waals surface area contributed by atoms with E-state index in [1.807, 2.05) is 29.7 Å². The SMILES string of the molecule is CCC.c1ccc(-n2c3ccccc3c3nc4c(nc32)c2ncccc2n4-c2cccc3c2sc2ccccc23)cc1. The minimum atomic E-state index is 0.802. The van der Waals surface area contributed by atoms with Gasteiger partial charge >= 0.3 is 0 Å². The van der Waals surface area contributed by atoms with Gasteiger partial charge in [-0.25, -0.2) is 9.97 Å². The number of aromatic nitrogens is 5. The van der Waals surface area contributed by atoms with Crippen LogP contribution in [0.5, 0.6) is 0 Å². The number of hydrogen-bond acceptors (Lipinski definition) is 4. The van der Waals surface area contributed by atoms with Crippen LogP contribution in [0.3, 0.4) is 0 Å². The maximum absolute atomic E-state index is 5.37. The molecule has 0 aliphatic heterocycles. The zero-order chi connectivity index (χ0) is 28.2. The van der Waals surface area contributed by atoms with Crippen molar-refractivity contribution in [3.8, 4) is 11.4 Å². The van der Waals surface area contributed by atoms with Gasteiger partial charge in [0.15, 0.2) is 11.3 Å². The first-order valence-corrected chi connectivity index (χ1v) is 15.1. The molecule has 9 aromatic rings. The molecule has 6 heteroatoms. The van der Waals surface area contributed by atoms with Gasteiger partial charge in [0.1, 0.15) is 16.6 Å². The molecule has 202 valence electrons. The molecule has 5 aromatic heterocycles. The summed E-state index contributed by atoms with van der Waals surface area (Å²) in [4.78, 5) is 15.5. The highest BCUT2D eigenvalue weighted by atomic mass is 32.1. The van der Waals surface area contributed by atoms with Crippen molar-refractivity contribution >= 4 is 75.8 Å². The van der Waals surface area contributed by atoms with Crippen LogP contribution in [0, 0.1) is 0 Å². The van der Waals surface area contributed by atoms with Gasteiger partial charge in [0.05, 0.1) is 21.4 Å². The monoisotopic (exact) mass is 561 g/mol. The van der Waals surface area contributed by atoms with Gasteiger partial charge in [-0.3, -0.25) is 14.1 Å². The van der Waals surface area contributed by atoms with E-state index in [9.17, 15) is 0 Å². The molecule has 0 bridgehead atoms. The standard InChI is InChI=1S/C33H19N5S.C3H8/c1-2-10-20(11-3-1)37-24-15-6-4-13-23(24)28-32(37)36-30-29-25(17-9-19-34-29)38(33(30)35-28)26-16-8-14-22-21-12-5-7-18-27(21)39-31(22)26;1-3-2/h1-19H;3H2,1-2H3. The fraction of sp³-hybridized carbons (Fsp3) is 0.0833. The largest absolute Gasteiger partial charge is 0.293 e. The lowest BCUT2D eigenvalue weighted by Gasteiger charge is -2.08. The molecule has 9 rings (SSSR count). The van der Waals surface area contributed by atoms with E-state index in [1.165, 1.54) is 26.6 Å². The molecule has 5 nitrogen and oxygen atoms in total. The molecular formula is C36H27N5S. The second-order valence-corrected chi connectivity index (χ2v) is 11.5. The highest BCUT2D eigenvalue weighted by Crippen LogP contribution is 2.40. The average molecular weight is 562 g/mol. The van der Waals surface area contributed by atoms with Gasteiger partial charge in [-0.1, -0.05) is 87.0 Å². The van der Waals surface area contributed by atoms with Gasteiger partial charge in [-0.05, 0) is 42.5 Å². The van der Waals surface area contributed by atoms with Crippen molar-refractivity contribution in [3.63, 3.8) is 0 Å². The van der Waals surface area contributed by atoms with Gasteiger partial charge in [0, 0.05) is 32.7 Å². The number of pyridine rings is 1. The summed E-state index contributed by atoms with van der Waals surface area (Å²) >= 11 is 1.82. The van der Waals surface area contributed by atoms with Crippen molar-refractivity contribution < 1.29 is 0 Å². The van der Waals surface area contributed by atoms with Crippen LogP contribution in [0.25, 0.3) is 75.8 Å². The van der Waals surface area contributed by atoms with Crippen molar-refractivity contribution in [2.75, 3.05) is 0 Å². The summed E-state index contributed by atoms with van der Waals surface area (Å²) in [6.45, 7) is 4.25. The maximum Gasteiger partial charge on any atom is 0.166 e. The van der Waals surface area contributed by atoms with Crippen molar-refractivity contribution in [2.45, 2.75) is 20.3 Å². The fourth-order valence-electron chi connectivity index (χ4n) is 5.92. The summed E-state index contributed by atoms with van der Waals surface area (Å²) in [5, 5.41) is 3.61. The molecule has 4 aromatic carbocycles. The minimum Gasteiger partial charge on any atom is -0.293 e. The Balaban J connectivity index is 0.000000856. The van der Waals surface area contributed by atoms with E-state index in [-0.39, 0.29) is 0 Å². The second-order valence-electron chi connectivity index (χ2n) is 10.4. The number of nitrogens with zero attached hydrogens (tertiary/aromatic N) is 5. The van der Waals surface area contributed by atoms with Gasteiger partial charge < -0.3 is 0 Å². The molecule has 0 aliphatic carbocycles. The first kappa shape index (κ1) is 24.7. The number of benzene rings is 4. The molecule has 0 spiro atoms. The van der Waals surface area contributed by atoms with E-state index in [2.05, 4.69) is 120 Å². The lowest BCUT2D eigenvalue weighted by atomic mass is 10.1. The number of para-hydroxylation sites is 2. The molecule has 0 N–H and O–H groups in total. The third-order valence-electron chi connectivity index (χ3n) is 7.57. The van der Waals surface area contributed by atoms with E-state index in [4.69, 9.17) is 15.0 Å². The number of thiophene rings is 1. The van der Waals surface area contributed by atoms with Gasteiger partial charge in [-0.15, -0.1) is 11.3 Å². The quantitative estimate of drug-likeness (QED) is 0.211. The molecule has 0 saturated heterocycles. The van der Waals surface area contributed by atoms with Gasteiger partial charge in [-0.2, -0.15) is 0 Å². The van der Waals surface area contributed by atoms with E-state index < -0.39 is 0 Å². The minimum absolute atomic E-state index is 0.802. The van der Waals surface area contributed by atoms with Gasteiger partial charge in [0.2, 0.25) is 0 Å².